The van der Waals surface area contributed by atoms with Gasteiger partial charge in [0.2, 0.25) is 5.95 Å². The lowest BCUT2D eigenvalue weighted by atomic mass is 10.2. The molecule has 0 unspecified atom stereocenters. The number of hydrogen-bond donors (Lipinski definition) is 2. The highest BCUT2D eigenvalue weighted by Crippen LogP contribution is 2.27. The van der Waals surface area contributed by atoms with Crippen LogP contribution in [0.1, 0.15) is 16.0 Å². The number of piperazine rings is 1. The molecule has 1 saturated heterocycles. The second kappa shape index (κ2) is 8.80. The fourth-order valence-electron chi connectivity index (χ4n) is 3.51. The van der Waals surface area contributed by atoms with Gasteiger partial charge >= 0.3 is 0 Å². The Balaban J connectivity index is 1.49. The number of benzene rings is 1. The molecule has 7 heteroatoms. The minimum atomic E-state index is 0.783. The molecule has 152 valence electrons. The number of aryl methyl sites for hydroxylation is 1. The topological polar surface area (TPSA) is 56.3 Å². The van der Waals surface area contributed by atoms with Crippen LogP contribution in [0.25, 0.3) is 0 Å². The molecule has 0 spiro atoms. The Kier molecular flexibility index (Phi) is 5.97. The van der Waals surface area contributed by atoms with E-state index in [1.54, 1.807) is 0 Å². The largest absolute Gasteiger partial charge is 0.373 e. The fourth-order valence-corrected chi connectivity index (χ4v) is 4.26. The summed E-state index contributed by atoms with van der Waals surface area (Å²) in [6, 6.07) is 12.7. The number of nitrogens with one attached hydrogen (secondary N) is 2. The maximum Gasteiger partial charge on any atom is 0.229 e. The molecule has 1 aromatic carbocycles. The highest BCUT2D eigenvalue weighted by atomic mass is 32.1. The van der Waals surface area contributed by atoms with Gasteiger partial charge in [-0.2, -0.15) is 9.97 Å². The fraction of sp³-hybridized carbons (Fsp3) is 0.364. The van der Waals surface area contributed by atoms with E-state index >= 15 is 0 Å². The smallest absolute Gasteiger partial charge is 0.229 e. The van der Waals surface area contributed by atoms with E-state index in [4.69, 9.17) is 9.97 Å². The second-order valence-electron chi connectivity index (χ2n) is 7.43. The van der Waals surface area contributed by atoms with Gasteiger partial charge in [0.25, 0.3) is 0 Å². The van der Waals surface area contributed by atoms with Crippen molar-refractivity contribution >= 4 is 34.6 Å². The lowest BCUT2D eigenvalue weighted by Gasteiger charge is -2.34. The zero-order valence-corrected chi connectivity index (χ0v) is 18.1. The molecule has 1 aliphatic rings. The Morgan fingerprint density at radius 3 is 2.34 bits per heavy atom. The molecule has 2 N–H and O–H groups in total. The van der Waals surface area contributed by atoms with Crippen LogP contribution in [0.5, 0.6) is 0 Å². The van der Waals surface area contributed by atoms with Crippen molar-refractivity contribution in [3.05, 3.63) is 57.8 Å². The molecule has 0 bridgehead atoms. The zero-order valence-electron chi connectivity index (χ0n) is 17.3. The van der Waals surface area contributed by atoms with Crippen LogP contribution in [0.3, 0.4) is 0 Å². The van der Waals surface area contributed by atoms with Gasteiger partial charge < -0.3 is 15.5 Å². The summed E-state index contributed by atoms with van der Waals surface area (Å²) in [4.78, 5) is 15.9. The second-order valence-corrected chi connectivity index (χ2v) is 8.46. The first-order chi connectivity index (χ1) is 14.1. The predicted octanol–water partition coefficient (Wildman–Crippen LogP) is 4.26. The molecule has 29 heavy (non-hydrogen) atoms. The van der Waals surface area contributed by atoms with Crippen molar-refractivity contribution in [2.75, 3.05) is 48.8 Å². The van der Waals surface area contributed by atoms with Crippen LogP contribution in [0.2, 0.25) is 0 Å². The first-order valence-electron chi connectivity index (χ1n) is 10.0. The summed E-state index contributed by atoms with van der Waals surface area (Å²) in [5.41, 5.74) is 3.30. The molecule has 1 aliphatic heterocycles. The number of aromatic nitrogens is 2. The standard InChI is InChI=1S/C22H28N6S/c1-16-6-8-18(9-7-16)24-21-17(2)20(23-3)25-22(26-21)28-12-10-27(11-13-28)15-19-5-4-14-29-19/h4-9,14H,10-13,15H2,1-3H3,(H2,23,24,25,26). The molecular weight excluding hydrogens is 380 g/mol. The Bertz CT molecular complexity index is 931. The van der Waals surface area contributed by atoms with E-state index in [-0.39, 0.29) is 0 Å². The highest BCUT2D eigenvalue weighted by Gasteiger charge is 2.21. The van der Waals surface area contributed by atoms with E-state index in [0.717, 1.165) is 61.6 Å². The Morgan fingerprint density at radius 1 is 0.966 bits per heavy atom. The molecule has 0 amide bonds. The molecule has 1 fully saturated rings. The van der Waals surface area contributed by atoms with Crippen LogP contribution in [-0.2, 0) is 6.54 Å². The predicted molar refractivity (Wildman–Crippen MR) is 123 cm³/mol. The van der Waals surface area contributed by atoms with Gasteiger partial charge in [-0.1, -0.05) is 23.8 Å². The van der Waals surface area contributed by atoms with Gasteiger partial charge in [-0.15, -0.1) is 11.3 Å². The van der Waals surface area contributed by atoms with Crippen LogP contribution in [0, 0.1) is 13.8 Å². The number of anilines is 4. The van der Waals surface area contributed by atoms with Crippen molar-refractivity contribution < 1.29 is 0 Å². The number of thiophene rings is 1. The van der Waals surface area contributed by atoms with Crippen LogP contribution >= 0.6 is 11.3 Å². The van der Waals surface area contributed by atoms with Gasteiger partial charge in [0.15, 0.2) is 0 Å². The number of rotatable bonds is 6. The molecule has 0 atom stereocenters. The third-order valence-electron chi connectivity index (χ3n) is 5.30. The normalized spacial score (nSPS) is 14.8. The molecule has 0 radical (unpaired) electrons. The molecule has 6 nitrogen and oxygen atoms in total. The number of nitrogens with zero attached hydrogens (tertiary/aromatic N) is 4. The van der Waals surface area contributed by atoms with Crippen molar-refractivity contribution in [3.63, 3.8) is 0 Å². The SMILES string of the molecule is CNc1nc(N2CCN(Cc3cccs3)CC2)nc(Nc2ccc(C)cc2)c1C. The van der Waals surface area contributed by atoms with Gasteiger partial charge in [0.1, 0.15) is 11.6 Å². The third-order valence-corrected chi connectivity index (χ3v) is 6.16. The van der Waals surface area contributed by atoms with Gasteiger partial charge in [-0.3, -0.25) is 4.90 Å². The molecule has 0 aliphatic carbocycles. The monoisotopic (exact) mass is 408 g/mol. The van der Waals surface area contributed by atoms with E-state index in [9.17, 15) is 0 Å². The summed E-state index contributed by atoms with van der Waals surface area (Å²) in [6.45, 7) is 9.07. The van der Waals surface area contributed by atoms with E-state index in [1.165, 1.54) is 10.4 Å². The first-order valence-corrected chi connectivity index (χ1v) is 10.9. The van der Waals surface area contributed by atoms with Crippen molar-refractivity contribution in [2.24, 2.45) is 0 Å². The quantitative estimate of drug-likeness (QED) is 0.636. The summed E-state index contributed by atoms with van der Waals surface area (Å²) >= 11 is 1.83. The molecule has 2 aromatic heterocycles. The lowest BCUT2D eigenvalue weighted by Crippen LogP contribution is -2.46. The van der Waals surface area contributed by atoms with Gasteiger partial charge in [-0.25, -0.2) is 0 Å². The average molecular weight is 409 g/mol. The first kappa shape index (κ1) is 19.7. The van der Waals surface area contributed by atoms with Crippen molar-refractivity contribution in [1.29, 1.82) is 0 Å². The Labute approximate surface area is 176 Å². The summed E-state index contributed by atoms with van der Waals surface area (Å²) in [5.74, 6) is 2.50. The highest BCUT2D eigenvalue weighted by molar-refractivity contribution is 7.09. The number of hydrogen-bond acceptors (Lipinski definition) is 7. The van der Waals surface area contributed by atoms with Crippen LogP contribution in [0.15, 0.2) is 41.8 Å². The van der Waals surface area contributed by atoms with E-state index in [2.05, 4.69) is 69.1 Å². The molecular formula is C22H28N6S. The van der Waals surface area contributed by atoms with Crippen molar-refractivity contribution in [1.82, 2.24) is 14.9 Å². The van der Waals surface area contributed by atoms with Crippen LogP contribution in [-0.4, -0.2) is 48.1 Å². The zero-order chi connectivity index (χ0) is 20.2. The summed E-state index contributed by atoms with van der Waals surface area (Å²) < 4.78 is 0. The lowest BCUT2D eigenvalue weighted by molar-refractivity contribution is 0.251. The maximum absolute atomic E-state index is 4.87. The van der Waals surface area contributed by atoms with Crippen molar-refractivity contribution in [2.45, 2.75) is 20.4 Å². The van der Waals surface area contributed by atoms with E-state index in [1.807, 2.05) is 25.3 Å². The van der Waals surface area contributed by atoms with E-state index < -0.39 is 0 Å². The van der Waals surface area contributed by atoms with Gasteiger partial charge in [0, 0.05) is 55.9 Å². The van der Waals surface area contributed by atoms with Gasteiger partial charge in [-0.05, 0) is 37.4 Å². The summed E-state index contributed by atoms with van der Waals surface area (Å²) in [6.07, 6.45) is 0. The van der Waals surface area contributed by atoms with E-state index in [0.29, 0.717) is 0 Å². The van der Waals surface area contributed by atoms with Crippen LogP contribution in [0.4, 0.5) is 23.3 Å². The summed E-state index contributed by atoms with van der Waals surface area (Å²) in [5, 5.41) is 8.83. The molecule has 4 rings (SSSR count). The molecule has 3 heterocycles. The minimum absolute atomic E-state index is 0.783. The van der Waals surface area contributed by atoms with Crippen molar-refractivity contribution in [3.8, 4) is 0 Å². The van der Waals surface area contributed by atoms with Gasteiger partial charge in [0.05, 0.1) is 0 Å². The Morgan fingerprint density at radius 2 is 1.69 bits per heavy atom. The van der Waals surface area contributed by atoms with Crippen LogP contribution < -0.4 is 15.5 Å². The average Bonchev–Trinajstić information content (AvgIpc) is 3.25. The third kappa shape index (κ3) is 4.68. The molecule has 0 saturated carbocycles. The summed E-state index contributed by atoms with van der Waals surface area (Å²) in [7, 11) is 1.91. The molecule has 3 aromatic rings. The Hall–Kier alpha value is -2.64. The maximum atomic E-state index is 4.87. The minimum Gasteiger partial charge on any atom is -0.373 e.